The molecule has 0 amide bonds. The molecule has 5 rings (SSSR count). The number of fused-ring (bicyclic) bond motifs is 1. The van der Waals surface area contributed by atoms with E-state index in [1.54, 1.807) is 6.07 Å². The van der Waals surface area contributed by atoms with Crippen LogP contribution in [-0.4, -0.2) is 32.6 Å². The third-order valence-electron chi connectivity index (χ3n) is 4.86. The molecule has 0 radical (unpaired) electrons. The normalized spacial score (nSPS) is 10.9. The second-order valence-electron chi connectivity index (χ2n) is 6.88. The molecule has 0 spiro atoms. The van der Waals surface area contributed by atoms with Gasteiger partial charge in [0.05, 0.1) is 11.0 Å². The molecule has 0 bridgehead atoms. The number of hydrogen-bond acceptors (Lipinski definition) is 4. The lowest BCUT2D eigenvalue weighted by molar-refractivity contribution is 0.0918. The summed E-state index contributed by atoms with van der Waals surface area (Å²) in [5.41, 5.74) is 5.29. The summed E-state index contributed by atoms with van der Waals surface area (Å²) in [4.78, 5) is 20.2. The highest BCUT2D eigenvalue weighted by molar-refractivity contribution is 5.97. The molecule has 0 saturated heterocycles. The zero-order chi connectivity index (χ0) is 20.3. The maximum Gasteiger partial charge on any atom is 0.233 e. The highest BCUT2D eigenvalue weighted by Gasteiger charge is 2.12. The monoisotopic (exact) mass is 394 g/mol. The zero-order valence-electron chi connectivity index (χ0n) is 16.0. The third-order valence-corrected chi connectivity index (χ3v) is 4.86. The van der Waals surface area contributed by atoms with Crippen molar-refractivity contribution in [2.75, 3.05) is 6.61 Å². The molecule has 2 N–H and O–H groups in total. The van der Waals surface area contributed by atoms with Crippen molar-refractivity contribution in [2.45, 2.75) is 0 Å². The first-order valence-electron chi connectivity index (χ1n) is 9.58. The maximum absolute atomic E-state index is 12.5. The fraction of sp³-hybridized carbons (Fsp3) is 0.0417. The summed E-state index contributed by atoms with van der Waals surface area (Å²) in [5, 5.41) is 7.01. The summed E-state index contributed by atoms with van der Waals surface area (Å²) in [6.07, 6.45) is 0. The van der Waals surface area contributed by atoms with Crippen LogP contribution < -0.4 is 4.74 Å². The number of ether oxygens (including phenoxy) is 1. The Morgan fingerprint density at radius 1 is 0.867 bits per heavy atom. The summed E-state index contributed by atoms with van der Waals surface area (Å²) in [5.74, 6) is 0.906. The third kappa shape index (κ3) is 3.58. The minimum absolute atomic E-state index is 0.0882. The van der Waals surface area contributed by atoms with Gasteiger partial charge in [-0.15, -0.1) is 5.10 Å². The van der Waals surface area contributed by atoms with Crippen molar-refractivity contribution in [1.29, 1.82) is 0 Å². The van der Waals surface area contributed by atoms with Gasteiger partial charge in [0.2, 0.25) is 5.88 Å². The van der Waals surface area contributed by atoms with Crippen molar-refractivity contribution in [2.24, 2.45) is 0 Å². The number of H-pyrrole nitrogens is 2. The molecule has 0 atom stereocenters. The fourth-order valence-electron chi connectivity index (χ4n) is 3.28. The molecule has 0 aliphatic heterocycles. The SMILES string of the molecule is O=C(COc1cc(-c2nc3ccccc3[nH]2)[nH]n1)c1ccc(-c2ccccc2)cc1. The van der Waals surface area contributed by atoms with Crippen molar-refractivity contribution in [1.82, 2.24) is 20.2 Å². The van der Waals surface area contributed by atoms with Crippen LogP contribution in [0.1, 0.15) is 10.4 Å². The smallest absolute Gasteiger partial charge is 0.233 e. The number of rotatable bonds is 6. The molecule has 2 aromatic heterocycles. The first-order chi connectivity index (χ1) is 14.8. The van der Waals surface area contributed by atoms with E-state index in [0.29, 0.717) is 23.0 Å². The van der Waals surface area contributed by atoms with Gasteiger partial charge in [-0.2, -0.15) is 0 Å². The summed E-state index contributed by atoms with van der Waals surface area (Å²) < 4.78 is 5.58. The number of imidazole rings is 1. The lowest BCUT2D eigenvalue weighted by atomic mass is 10.0. The van der Waals surface area contributed by atoms with Crippen molar-refractivity contribution in [3.8, 4) is 28.5 Å². The van der Waals surface area contributed by atoms with E-state index in [9.17, 15) is 4.79 Å². The van der Waals surface area contributed by atoms with Crippen LogP contribution >= 0.6 is 0 Å². The summed E-state index contributed by atoms with van der Waals surface area (Å²) in [6.45, 7) is -0.0882. The number of nitrogens with zero attached hydrogens (tertiary/aromatic N) is 2. The minimum Gasteiger partial charge on any atom is -0.468 e. The van der Waals surface area contributed by atoms with Crippen molar-refractivity contribution < 1.29 is 9.53 Å². The molecule has 0 aliphatic carbocycles. The van der Waals surface area contributed by atoms with Gasteiger partial charge in [-0.05, 0) is 23.3 Å². The van der Waals surface area contributed by atoms with E-state index in [2.05, 4.69) is 20.2 Å². The minimum atomic E-state index is -0.108. The van der Waals surface area contributed by atoms with E-state index in [-0.39, 0.29) is 12.4 Å². The molecule has 0 saturated carbocycles. The molecule has 3 aromatic carbocycles. The molecule has 0 aliphatic rings. The van der Waals surface area contributed by atoms with Crippen molar-refractivity contribution >= 4 is 16.8 Å². The van der Waals surface area contributed by atoms with Gasteiger partial charge in [0.15, 0.2) is 18.2 Å². The van der Waals surface area contributed by atoms with Crippen LogP contribution in [0.3, 0.4) is 0 Å². The van der Waals surface area contributed by atoms with E-state index in [4.69, 9.17) is 4.74 Å². The van der Waals surface area contributed by atoms with E-state index >= 15 is 0 Å². The number of aromatic amines is 2. The van der Waals surface area contributed by atoms with E-state index in [1.165, 1.54) is 0 Å². The molecular weight excluding hydrogens is 376 g/mol. The number of ketones is 1. The number of carbonyl (C=O) groups is 1. The van der Waals surface area contributed by atoms with Gasteiger partial charge in [-0.25, -0.2) is 4.98 Å². The van der Waals surface area contributed by atoms with Crippen LogP contribution in [0.15, 0.2) is 84.9 Å². The Bertz CT molecular complexity index is 1270. The summed E-state index contributed by atoms with van der Waals surface area (Å²) in [6, 6.07) is 27.1. The summed E-state index contributed by atoms with van der Waals surface area (Å²) in [7, 11) is 0. The van der Waals surface area contributed by atoms with Crippen LogP contribution in [-0.2, 0) is 0 Å². The van der Waals surface area contributed by atoms with Crippen LogP contribution in [0.2, 0.25) is 0 Å². The van der Waals surface area contributed by atoms with Gasteiger partial charge >= 0.3 is 0 Å². The Hall–Kier alpha value is -4.19. The average molecular weight is 394 g/mol. The Kier molecular flexibility index (Phi) is 4.57. The van der Waals surface area contributed by atoms with Gasteiger partial charge < -0.3 is 9.72 Å². The lowest BCUT2D eigenvalue weighted by Gasteiger charge is -2.05. The Morgan fingerprint density at radius 3 is 2.40 bits per heavy atom. The molecule has 5 aromatic rings. The number of carbonyl (C=O) groups excluding carboxylic acids is 1. The molecule has 0 fully saturated rings. The van der Waals surface area contributed by atoms with Crippen LogP contribution in [0.25, 0.3) is 33.7 Å². The molecule has 30 heavy (non-hydrogen) atoms. The second-order valence-corrected chi connectivity index (χ2v) is 6.88. The van der Waals surface area contributed by atoms with Gasteiger partial charge in [-0.1, -0.05) is 66.7 Å². The molecular formula is C24H18N4O2. The van der Waals surface area contributed by atoms with E-state index in [0.717, 1.165) is 22.2 Å². The quantitative estimate of drug-likeness (QED) is 0.402. The molecule has 2 heterocycles. The largest absolute Gasteiger partial charge is 0.468 e. The predicted molar refractivity (Wildman–Crippen MR) is 115 cm³/mol. The van der Waals surface area contributed by atoms with Crippen LogP contribution in [0.5, 0.6) is 5.88 Å². The van der Waals surface area contributed by atoms with Gasteiger partial charge in [-0.3, -0.25) is 9.89 Å². The van der Waals surface area contributed by atoms with E-state index in [1.807, 2.05) is 78.9 Å². The van der Waals surface area contributed by atoms with E-state index < -0.39 is 0 Å². The van der Waals surface area contributed by atoms with Crippen molar-refractivity contribution in [3.63, 3.8) is 0 Å². The highest BCUT2D eigenvalue weighted by Crippen LogP contribution is 2.22. The maximum atomic E-state index is 12.5. The zero-order valence-corrected chi connectivity index (χ0v) is 16.0. The second kappa shape index (κ2) is 7.67. The molecule has 6 heteroatoms. The predicted octanol–water partition coefficient (Wildman–Crippen LogP) is 4.88. The van der Waals surface area contributed by atoms with Crippen molar-refractivity contribution in [3.05, 3.63) is 90.5 Å². The van der Waals surface area contributed by atoms with Crippen LogP contribution in [0.4, 0.5) is 0 Å². The molecule has 0 unspecified atom stereocenters. The molecule has 6 nitrogen and oxygen atoms in total. The average Bonchev–Trinajstić information content (AvgIpc) is 3.45. The number of Topliss-reactive ketones (excluding diaryl/α,β-unsaturated/α-hetero) is 1. The lowest BCUT2D eigenvalue weighted by Crippen LogP contribution is -2.11. The topological polar surface area (TPSA) is 83.7 Å². The fourth-order valence-corrected chi connectivity index (χ4v) is 3.28. The first-order valence-corrected chi connectivity index (χ1v) is 9.58. The number of aromatic nitrogens is 4. The number of hydrogen-bond donors (Lipinski definition) is 2. The Labute approximate surface area is 172 Å². The number of benzene rings is 3. The number of para-hydroxylation sites is 2. The highest BCUT2D eigenvalue weighted by atomic mass is 16.5. The Morgan fingerprint density at radius 2 is 1.60 bits per heavy atom. The number of nitrogens with one attached hydrogen (secondary N) is 2. The standard InChI is InChI=1S/C24H18N4O2/c29-22(18-12-10-17(11-13-18)16-6-2-1-3-7-16)15-30-23-14-21(27-28-23)24-25-19-8-4-5-9-20(19)26-24/h1-14H,15H2,(H,25,26)(H,27,28). The van der Waals surface area contributed by atoms with Gasteiger partial charge in [0.1, 0.15) is 5.69 Å². The van der Waals surface area contributed by atoms with Crippen LogP contribution in [0, 0.1) is 0 Å². The van der Waals surface area contributed by atoms with Gasteiger partial charge in [0, 0.05) is 11.6 Å². The Balaban J connectivity index is 1.24. The first kappa shape index (κ1) is 17.9. The molecule has 146 valence electrons. The van der Waals surface area contributed by atoms with Gasteiger partial charge in [0.25, 0.3) is 0 Å². The summed E-state index contributed by atoms with van der Waals surface area (Å²) >= 11 is 0.